The summed E-state index contributed by atoms with van der Waals surface area (Å²) in [5, 5.41) is 11.0. The quantitative estimate of drug-likeness (QED) is 0.235. The third-order valence-electron chi connectivity index (χ3n) is 7.19. The van der Waals surface area contributed by atoms with Gasteiger partial charge in [0, 0.05) is 46.1 Å². The number of aromatic nitrogens is 7. The summed E-state index contributed by atoms with van der Waals surface area (Å²) in [6.07, 6.45) is 13.8. The van der Waals surface area contributed by atoms with E-state index in [1.807, 2.05) is 12.1 Å². The standard InChI is InChI=1S/C28H23FN8OS/c29-23-7-6-22(39-23)20-13-31-14-21-24(20)35-27(34-21)25-19-9-17(11-32-26(19)37-36-25)16-8-18(12-30-10-16)33-28(38)15-4-2-1-3-5-15/h6-15H,1-5H2,(H,33,38)(H,34,35)(H,32,36,37). The number of hydrogen-bond donors (Lipinski definition) is 3. The SMILES string of the molecule is O=C(Nc1cncc(-c2cnc3n[nH]c(-c4nc5c(-c6ccc(F)s6)cncc5[nH]4)c3c2)c1)C1CCCCC1. The van der Waals surface area contributed by atoms with Crippen molar-refractivity contribution >= 4 is 45.0 Å². The number of imidazole rings is 1. The Morgan fingerprint density at radius 1 is 1.00 bits per heavy atom. The van der Waals surface area contributed by atoms with Crippen LogP contribution in [0.1, 0.15) is 32.1 Å². The van der Waals surface area contributed by atoms with Gasteiger partial charge in [-0.2, -0.15) is 9.49 Å². The molecule has 1 saturated carbocycles. The van der Waals surface area contributed by atoms with E-state index in [1.54, 1.807) is 37.1 Å². The first-order valence-electron chi connectivity index (χ1n) is 12.8. The summed E-state index contributed by atoms with van der Waals surface area (Å²) < 4.78 is 13.7. The molecule has 7 rings (SSSR count). The van der Waals surface area contributed by atoms with Crippen LogP contribution >= 0.6 is 11.3 Å². The Hall–Kier alpha value is -4.51. The van der Waals surface area contributed by atoms with Gasteiger partial charge in [0.15, 0.2) is 16.6 Å². The van der Waals surface area contributed by atoms with E-state index in [0.717, 1.165) is 69.5 Å². The number of fused-ring (bicyclic) bond motifs is 2. The third-order valence-corrected chi connectivity index (χ3v) is 8.10. The summed E-state index contributed by atoms with van der Waals surface area (Å²) in [7, 11) is 0. The first-order valence-corrected chi connectivity index (χ1v) is 13.6. The molecular formula is C28H23FN8OS. The van der Waals surface area contributed by atoms with Crippen LogP contribution in [0.2, 0.25) is 0 Å². The number of amides is 1. The lowest BCUT2D eigenvalue weighted by atomic mass is 9.88. The Balaban J connectivity index is 1.22. The van der Waals surface area contributed by atoms with Gasteiger partial charge in [0.05, 0.1) is 29.0 Å². The summed E-state index contributed by atoms with van der Waals surface area (Å²) in [5.41, 5.74) is 5.72. The lowest BCUT2D eigenvalue weighted by Crippen LogP contribution is -2.24. The van der Waals surface area contributed by atoms with Crippen LogP contribution in [0.4, 0.5) is 10.1 Å². The first kappa shape index (κ1) is 23.6. The Kier molecular flexibility index (Phi) is 5.85. The van der Waals surface area contributed by atoms with Gasteiger partial charge >= 0.3 is 0 Å². The lowest BCUT2D eigenvalue weighted by molar-refractivity contribution is -0.120. The summed E-state index contributed by atoms with van der Waals surface area (Å²) >= 11 is 1.05. The molecule has 6 aromatic rings. The molecule has 0 aliphatic heterocycles. The number of anilines is 1. The minimum Gasteiger partial charge on any atom is -0.335 e. The van der Waals surface area contributed by atoms with Crippen molar-refractivity contribution < 1.29 is 9.18 Å². The van der Waals surface area contributed by atoms with Crippen molar-refractivity contribution in [1.82, 2.24) is 35.1 Å². The number of aromatic amines is 2. The molecule has 1 amide bonds. The lowest BCUT2D eigenvalue weighted by Gasteiger charge is -2.20. The second kappa shape index (κ2) is 9.66. The molecule has 3 N–H and O–H groups in total. The average molecular weight is 539 g/mol. The molecule has 6 aromatic heterocycles. The monoisotopic (exact) mass is 538 g/mol. The van der Waals surface area contributed by atoms with Crippen LogP contribution < -0.4 is 5.32 Å². The van der Waals surface area contributed by atoms with Crippen LogP contribution in [0, 0.1) is 11.0 Å². The molecule has 0 bridgehead atoms. The first-order chi connectivity index (χ1) is 19.1. The van der Waals surface area contributed by atoms with E-state index in [4.69, 9.17) is 4.98 Å². The van der Waals surface area contributed by atoms with Gasteiger partial charge in [-0.25, -0.2) is 9.97 Å². The fourth-order valence-electron chi connectivity index (χ4n) is 5.20. The topological polar surface area (TPSA) is 125 Å². The van der Waals surface area contributed by atoms with E-state index in [9.17, 15) is 9.18 Å². The van der Waals surface area contributed by atoms with Gasteiger partial charge in [0.2, 0.25) is 5.91 Å². The molecule has 0 radical (unpaired) electrons. The smallest absolute Gasteiger partial charge is 0.227 e. The highest BCUT2D eigenvalue weighted by Gasteiger charge is 2.21. The highest BCUT2D eigenvalue weighted by atomic mass is 32.1. The maximum atomic E-state index is 13.7. The summed E-state index contributed by atoms with van der Waals surface area (Å²) in [6, 6.07) is 7.06. The molecule has 9 nitrogen and oxygen atoms in total. The zero-order chi connectivity index (χ0) is 26.3. The summed E-state index contributed by atoms with van der Waals surface area (Å²) in [6.45, 7) is 0. The molecule has 1 aliphatic rings. The van der Waals surface area contributed by atoms with Crippen LogP contribution in [0.5, 0.6) is 0 Å². The van der Waals surface area contributed by atoms with Gasteiger partial charge in [-0.1, -0.05) is 19.3 Å². The Morgan fingerprint density at radius 2 is 1.85 bits per heavy atom. The largest absolute Gasteiger partial charge is 0.335 e. The Labute approximate surface area is 226 Å². The van der Waals surface area contributed by atoms with Gasteiger partial charge in [-0.15, -0.1) is 11.3 Å². The molecular weight excluding hydrogens is 515 g/mol. The number of nitrogens with zero attached hydrogens (tertiary/aromatic N) is 5. The predicted molar refractivity (Wildman–Crippen MR) is 148 cm³/mol. The number of carbonyl (C=O) groups excluding carboxylic acids is 1. The van der Waals surface area contributed by atoms with Crippen LogP contribution in [-0.4, -0.2) is 41.0 Å². The van der Waals surface area contributed by atoms with E-state index >= 15 is 0 Å². The molecule has 194 valence electrons. The molecule has 11 heteroatoms. The number of thiophene rings is 1. The zero-order valence-electron chi connectivity index (χ0n) is 20.7. The normalized spacial score (nSPS) is 14.3. The molecule has 6 heterocycles. The number of pyridine rings is 3. The number of carbonyl (C=O) groups is 1. The number of halogens is 1. The van der Waals surface area contributed by atoms with Gasteiger partial charge < -0.3 is 10.3 Å². The van der Waals surface area contributed by atoms with Crippen LogP contribution in [0.25, 0.3) is 55.2 Å². The highest BCUT2D eigenvalue weighted by Crippen LogP contribution is 2.34. The number of H-pyrrole nitrogens is 2. The van der Waals surface area contributed by atoms with Crippen molar-refractivity contribution in [3.8, 4) is 33.1 Å². The van der Waals surface area contributed by atoms with E-state index in [-0.39, 0.29) is 17.0 Å². The molecule has 1 aliphatic carbocycles. The van der Waals surface area contributed by atoms with Crippen LogP contribution in [0.3, 0.4) is 0 Å². The van der Waals surface area contributed by atoms with E-state index in [0.29, 0.717) is 28.4 Å². The van der Waals surface area contributed by atoms with E-state index in [2.05, 4.69) is 35.5 Å². The van der Waals surface area contributed by atoms with Crippen molar-refractivity contribution in [3.63, 3.8) is 0 Å². The van der Waals surface area contributed by atoms with Gasteiger partial charge in [0.25, 0.3) is 0 Å². The molecule has 0 aromatic carbocycles. The van der Waals surface area contributed by atoms with Crippen molar-refractivity contribution in [2.24, 2.45) is 5.92 Å². The van der Waals surface area contributed by atoms with Gasteiger partial charge in [0.1, 0.15) is 11.2 Å². The average Bonchev–Trinajstić information content (AvgIpc) is 3.71. The van der Waals surface area contributed by atoms with Crippen molar-refractivity contribution in [2.45, 2.75) is 32.1 Å². The molecule has 39 heavy (non-hydrogen) atoms. The second-order valence-electron chi connectivity index (χ2n) is 9.75. The number of nitrogens with one attached hydrogen (secondary N) is 3. The minimum atomic E-state index is -0.261. The molecule has 0 unspecified atom stereocenters. The molecule has 0 saturated heterocycles. The number of hydrogen-bond acceptors (Lipinski definition) is 7. The molecule has 0 spiro atoms. The van der Waals surface area contributed by atoms with E-state index < -0.39 is 0 Å². The van der Waals surface area contributed by atoms with Gasteiger partial charge in [-0.3, -0.25) is 19.9 Å². The zero-order valence-corrected chi connectivity index (χ0v) is 21.6. The third kappa shape index (κ3) is 4.44. The van der Waals surface area contributed by atoms with Crippen molar-refractivity contribution in [3.05, 3.63) is 60.4 Å². The van der Waals surface area contributed by atoms with Crippen molar-refractivity contribution in [1.29, 1.82) is 0 Å². The fraction of sp³-hybridized carbons (Fsp3) is 0.214. The Morgan fingerprint density at radius 3 is 2.69 bits per heavy atom. The van der Waals surface area contributed by atoms with Gasteiger partial charge in [-0.05, 0) is 37.1 Å². The summed E-state index contributed by atoms with van der Waals surface area (Å²) in [4.78, 5) is 34.8. The highest BCUT2D eigenvalue weighted by molar-refractivity contribution is 7.14. The summed E-state index contributed by atoms with van der Waals surface area (Å²) in [5.74, 6) is 0.694. The number of rotatable bonds is 5. The van der Waals surface area contributed by atoms with E-state index in [1.165, 1.54) is 12.5 Å². The van der Waals surface area contributed by atoms with Crippen molar-refractivity contribution in [2.75, 3.05) is 5.32 Å². The van der Waals surface area contributed by atoms with Crippen LogP contribution in [-0.2, 0) is 4.79 Å². The maximum absolute atomic E-state index is 13.7. The molecule has 0 atom stereocenters. The predicted octanol–water partition coefficient (Wildman–Crippen LogP) is 6.34. The van der Waals surface area contributed by atoms with Crippen LogP contribution in [0.15, 0.2) is 55.2 Å². The molecule has 1 fully saturated rings. The Bertz CT molecular complexity index is 1830. The maximum Gasteiger partial charge on any atom is 0.227 e. The minimum absolute atomic E-state index is 0.0587. The second-order valence-corrected chi connectivity index (χ2v) is 10.8. The fourth-order valence-corrected chi connectivity index (χ4v) is 5.95.